The van der Waals surface area contributed by atoms with Crippen LogP contribution < -0.4 is 11.5 Å². The molecule has 11 heavy (non-hydrogen) atoms. The second kappa shape index (κ2) is 4.70. The number of hydrogen-bond acceptors (Lipinski definition) is 4. The molecular formula is C6H12N2O3. The molecular weight excluding hydrogens is 148 g/mol. The molecule has 0 spiro atoms. The third-order valence-corrected chi connectivity index (χ3v) is 1.26. The summed E-state index contributed by atoms with van der Waals surface area (Å²) in [6.45, 7) is 0.271. The second-order valence-corrected chi connectivity index (χ2v) is 2.06. The standard InChI is InChI=1S/C6H12N2O3/c7-2-1-4(3-9)5(8)6(10)11/h3,5,9H,1-2,7-8H2,(H,10,11). The summed E-state index contributed by atoms with van der Waals surface area (Å²) in [7, 11) is 0. The first kappa shape index (κ1) is 9.93. The molecule has 0 aromatic heterocycles. The zero-order valence-corrected chi connectivity index (χ0v) is 6.03. The highest BCUT2D eigenvalue weighted by atomic mass is 16.4. The Hall–Kier alpha value is -1.07. The first-order valence-electron chi connectivity index (χ1n) is 3.15. The zero-order chi connectivity index (χ0) is 8.85. The summed E-state index contributed by atoms with van der Waals surface area (Å²) in [6, 6.07) is -1.15. The van der Waals surface area contributed by atoms with Gasteiger partial charge in [0.05, 0.1) is 6.26 Å². The average molecular weight is 160 g/mol. The summed E-state index contributed by atoms with van der Waals surface area (Å²) in [6.07, 6.45) is 0.996. The quantitative estimate of drug-likeness (QED) is 0.402. The number of aliphatic carboxylic acids is 1. The molecule has 0 saturated heterocycles. The summed E-state index contributed by atoms with van der Waals surface area (Å²) in [5, 5.41) is 16.9. The monoisotopic (exact) mass is 160 g/mol. The van der Waals surface area contributed by atoms with E-state index in [4.69, 9.17) is 21.7 Å². The number of carboxylic acids is 1. The molecule has 0 fully saturated rings. The number of carboxylic acid groups (broad SMARTS) is 1. The van der Waals surface area contributed by atoms with Gasteiger partial charge >= 0.3 is 5.97 Å². The summed E-state index contributed by atoms with van der Waals surface area (Å²) in [5.41, 5.74) is 10.6. The smallest absolute Gasteiger partial charge is 0.324 e. The minimum Gasteiger partial charge on any atom is -0.516 e. The molecule has 5 heteroatoms. The average Bonchev–Trinajstić information content (AvgIpc) is 1.98. The molecule has 64 valence electrons. The van der Waals surface area contributed by atoms with E-state index in [1.54, 1.807) is 0 Å². The van der Waals surface area contributed by atoms with Crippen LogP contribution in [0.1, 0.15) is 6.42 Å². The first-order valence-corrected chi connectivity index (χ1v) is 3.15. The maximum atomic E-state index is 10.3. The predicted octanol–water partition coefficient (Wildman–Crippen LogP) is -0.811. The molecule has 0 radical (unpaired) electrons. The van der Waals surface area contributed by atoms with Crippen LogP contribution in [0.2, 0.25) is 0 Å². The van der Waals surface area contributed by atoms with Gasteiger partial charge in [-0.25, -0.2) is 0 Å². The van der Waals surface area contributed by atoms with Crippen LogP contribution >= 0.6 is 0 Å². The molecule has 0 aliphatic rings. The minimum absolute atomic E-state index is 0.236. The molecule has 0 rings (SSSR count). The van der Waals surface area contributed by atoms with Crippen LogP contribution in [0, 0.1) is 0 Å². The Labute approximate surface area is 64.3 Å². The van der Waals surface area contributed by atoms with Crippen molar-refractivity contribution < 1.29 is 15.0 Å². The van der Waals surface area contributed by atoms with Crippen molar-refractivity contribution in [1.29, 1.82) is 0 Å². The van der Waals surface area contributed by atoms with Gasteiger partial charge < -0.3 is 21.7 Å². The maximum Gasteiger partial charge on any atom is 0.324 e. The molecule has 1 atom stereocenters. The SMILES string of the molecule is NCCC(=CO)C(N)C(=O)O. The van der Waals surface area contributed by atoms with E-state index in [1.807, 2.05) is 0 Å². The van der Waals surface area contributed by atoms with Gasteiger partial charge in [-0.2, -0.15) is 0 Å². The summed E-state index contributed by atoms with van der Waals surface area (Å²) in [5.74, 6) is -1.17. The fourth-order valence-corrected chi connectivity index (χ4v) is 0.626. The number of aliphatic hydroxyl groups excluding tert-OH is 1. The van der Waals surface area contributed by atoms with E-state index >= 15 is 0 Å². The third-order valence-electron chi connectivity index (χ3n) is 1.26. The van der Waals surface area contributed by atoms with Gasteiger partial charge in [0.1, 0.15) is 6.04 Å². The number of carbonyl (C=O) groups is 1. The molecule has 0 heterocycles. The molecule has 0 aliphatic heterocycles. The Bertz CT molecular complexity index is 167. The predicted molar refractivity (Wildman–Crippen MR) is 40.0 cm³/mol. The molecule has 0 aliphatic carbocycles. The van der Waals surface area contributed by atoms with Crippen LogP contribution in [-0.2, 0) is 4.79 Å². The van der Waals surface area contributed by atoms with Crippen molar-refractivity contribution in [3.63, 3.8) is 0 Å². The van der Waals surface area contributed by atoms with Crippen LogP contribution in [0.15, 0.2) is 11.8 Å². The molecule has 0 amide bonds. The van der Waals surface area contributed by atoms with Crippen molar-refractivity contribution in [2.24, 2.45) is 11.5 Å². The van der Waals surface area contributed by atoms with Crippen molar-refractivity contribution in [1.82, 2.24) is 0 Å². The van der Waals surface area contributed by atoms with Crippen LogP contribution in [-0.4, -0.2) is 28.8 Å². The lowest BCUT2D eigenvalue weighted by molar-refractivity contribution is -0.137. The lowest BCUT2D eigenvalue weighted by Crippen LogP contribution is -2.33. The van der Waals surface area contributed by atoms with Gasteiger partial charge in [0.15, 0.2) is 0 Å². The topological polar surface area (TPSA) is 110 Å². The third kappa shape index (κ3) is 3.01. The van der Waals surface area contributed by atoms with Crippen LogP contribution in [0.4, 0.5) is 0 Å². The van der Waals surface area contributed by atoms with Gasteiger partial charge in [-0.05, 0) is 18.5 Å². The van der Waals surface area contributed by atoms with E-state index in [0.717, 1.165) is 0 Å². The Morgan fingerprint density at radius 1 is 1.64 bits per heavy atom. The fourth-order valence-electron chi connectivity index (χ4n) is 0.626. The lowest BCUT2D eigenvalue weighted by atomic mass is 10.1. The van der Waals surface area contributed by atoms with E-state index < -0.39 is 12.0 Å². The Kier molecular flexibility index (Phi) is 4.24. The largest absolute Gasteiger partial charge is 0.516 e. The van der Waals surface area contributed by atoms with Crippen molar-refractivity contribution in [2.75, 3.05) is 6.54 Å². The van der Waals surface area contributed by atoms with Crippen LogP contribution in [0.25, 0.3) is 0 Å². The summed E-state index contributed by atoms with van der Waals surface area (Å²) >= 11 is 0. The lowest BCUT2D eigenvalue weighted by Gasteiger charge is -2.08. The summed E-state index contributed by atoms with van der Waals surface area (Å²) < 4.78 is 0. The number of aliphatic hydroxyl groups is 1. The van der Waals surface area contributed by atoms with Crippen molar-refractivity contribution >= 4 is 5.97 Å². The van der Waals surface area contributed by atoms with Gasteiger partial charge in [-0.1, -0.05) is 0 Å². The molecule has 1 unspecified atom stereocenters. The molecule has 6 N–H and O–H groups in total. The van der Waals surface area contributed by atoms with E-state index in [9.17, 15) is 4.79 Å². The Morgan fingerprint density at radius 3 is 2.45 bits per heavy atom. The zero-order valence-electron chi connectivity index (χ0n) is 6.03. The highest BCUT2D eigenvalue weighted by Gasteiger charge is 2.16. The highest BCUT2D eigenvalue weighted by Crippen LogP contribution is 2.03. The Balaban J connectivity index is 4.15. The maximum absolute atomic E-state index is 10.3. The van der Waals surface area contributed by atoms with E-state index in [0.29, 0.717) is 12.7 Å². The van der Waals surface area contributed by atoms with Gasteiger partial charge in [0.25, 0.3) is 0 Å². The van der Waals surface area contributed by atoms with Crippen molar-refractivity contribution in [2.45, 2.75) is 12.5 Å². The number of nitrogens with two attached hydrogens (primary N) is 2. The van der Waals surface area contributed by atoms with Crippen LogP contribution in [0.3, 0.4) is 0 Å². The van der Waals surface area contributed by atoms with E-state index in [1.165, 1.54) is 0 Å². The number of hydrogen-bond donors (Lipinski definition) is 4. The van der Waals surface area contributed by atoms with Gasteiger partial charge in [0.2, 0.25) is 0 Å². The molecule has 0 bridgehead atoms. The van der Waals surface area contributed by atoms with Gasteiger partial charge in [-0.15, -0.1) is 0 Å². The molecule has 0 saturated carbocycles. The van der Waals surface area contributed by atoms with Gasteiger partial charge in [0, 0.05) is 0 Å². The molecule has 0 aromatic carbocycles. The van der Waals surface area contributed by atoms with E-state index in [-0.39, 0.29) is 12.1 Å². The van der Waals surface area contributed by atoms with Crippen LogP contribution in [0.5, 0.6) is 0 Å². The fraction of sp³-hybridized carbons (Fsp3) is 0.500. The van der Waals surface area contributed by atoms with E-state index in [2.05, 4.69) is 0 Å². The minimum atomic E-state index is -1.17. The molecule has 5 nitrogen and oxygen atoms in total. The second-order valence-electron chi connectivity index (χ2n) is 2.06. The van der Waals surface area contributed by atoms with Crippen molar-refractivity contribution in [3.05, 3.63) is 11.8 Å². The Morgan fingerprint density at radius 2 is 2.18 bits per heavy atom. The normalized spacial score (nSPS) is 14.5. The number of rotatable bonds is 4. The molecule has 0 aromatic rings. The van der Waals surface area contributed by atoms with Gasteiger partial charge in [-0.3, -0.25) is 4.79 Å². The first-order chi connectivity index (χ1) is 5.13. The summed E-state index contributed by atoms with van der Waals surface area (Å²) in [4.78, 5) is 10.3. The highest BCUT2D eigenvalue weighted by molar-refractivity contribution is 5.76. The van der Waals surface area contributed by atoms with Crippen molar-refractivity contribution in [3.8, 4) is 0 Å².